The van der Waals surface area contributed by atoms with Gasteiger partial charge in [0, 0.05) is 15.9 Å². The first-order chi connectivity index (χ1) is 11.5. The zero-order valence-electron chi connectivity index (χ0n) is 13.7. The predicted molar refractivity (Wildman–Crippen MR) is 98.7 cm³/mol. The standard InChI is InChI=1S/C18H19BrN2O2S/c1-13-10-17(14(2)9-16(13)19)24-12-18(22)21(7-4-6-20)11-15-5-3-8-23-15/h3,5,8-10H,4,7,11-12H2,1-2H3. The zero-order valence-corrected chi connectivity index (χ0v) is 16.1. The lowest BCUT2D eigenvalue weighted by atomic mass is 10.2. The largest absolute Gasteiger partial charge is 0.467 e. The molecule has 0 aliphatic carbocycles. The summed E-state index contributed by atoms with van der Waals surface area (Å²) in [5, 5.41) is 8.80. The van der Waals surface area contributed by atoms with Crippen LogP contribution in [0.15, 0.2) is 44.3 Å². The molecule has 0 N–H and O–H groups in total. The molecule has 0 radical (unpaired) electrons. The van der Waals surface area contributed by atoms with Crippen LogP contribution in [-0.4, -0.2) is 23.1 Å². The molecule has 1 amide bonds. The lowest BCUT2D eigenvalue weighted by molar-refractivity contribution is -0.129. The predicted octanol–water partition coefficient (Wildman–Crippen LogP) is 4.69. The molecule has 126 valence electrons. The second-order valence-electron chi connectivity index (χ2n) is 5.46. The van der Waals surface area contributed by atoms with Gasteiger partial charge in [0.05, 0.1) is 31.1 Å². The van der Waals surface area contributed by atoms with E-state index in [-0.39, 0.29) is 5.91 Å². The van der Waals surface area contributed by atoms with Gasteiger partial charge in [0.2, 0.25) is 5.91 Å². The second kappa shape index (κ2) is 8.95. The van der Waals surface area contributed by atoms with Crippen molar-refractivity contribution >= 4 is 33.6 Å². The highest BCUT2D eigenvalue weighted by atomic mass is 79.9. The van der Waals surface area contributed by atoms with Gasteiger partial charge in [-0.3, -0.25) is 4.79 Å². The molecular weight excluding hydrogens is 388 g/mol. The molecule has 0 fully saturated rings. The third-order valence-corrected chi connectivity index (χ3v) is 5.58. The Morgan fingerprint density at radius 1 is 1.38 bits per heavy atom. The Kier molecular flexibility index (Phi) is 6.95. The van der Waals surface area contributed by atoms with Gasteiger partial charge < -0.3 is 9.32 Å². The minimum atomic E-state index is 0.00613. The van der Waals surface area contributed by atoms with Gasteiger partial charge in [-0.2, -0.15) is 5.26 Å². The monoisotopic (exact) mass is 406 g/mol. The van der Waals surface area contributed by atoms with Crippen LogP contribution >= 0.6 is 27.7 Å². The molecule has 0 saturated heterocycles. The quantitative estimate of drug-likeness (QED) is 0.625. The molecular formula is C18H19BrN2O2S. The van der Waals surface area contributed by atoms with Crippen LogP contribution in [0.3, 0.4) is 0 Å². The minimum Gasteiger partial charge on any atom is -0.467 e. The average molecular weight is 407 g/mol. The molecule has 4 nitrogen and oxygen atoms in total. The molecule has 0 unspecified atom stereocenters. The summed E-state index contributed by atoms with van der Waals surface area (Å²) in [5.74, 6) is 1.07. The number of carbonyl (C=O) groups is 1. The highest BCUT2D eigenvalue weighted by Crippen LogP contribution is 2.28. The highest BCUT2D eigenvalue weighted by molar-refractivity contribution is 9.10. The Balaban J connectivity index is 2.02. The summed E-state index contributed by atoms with van der Waals surface area (Å²) in [6.45, 7) is 4.88. The number of furan rings is 1. The number of aryl methyl sites for hydroxylation is 2. The minimum absolute atomic E-state index is 0.00613. The van der Waals surface area contributed by atoms with Crippen LogP contribution in [0.1, 0.15) is 23.3 Å². The van der Waals surface area contributed by atoms with Crippen molar-refractivity contribution in [1.82, 2.24) is 4.90 Å². The van der Waals surface area contributed by atoms with Crippen molar-refractivity contribution in [3.05, 3.63) is 51.9 Å². The van der Waals surface area contributed by atoms with Gasteiger partial charge in [-0.1, -0.05) is 15.9 Å². The number of amides is 1. The van der Waals surface area contributed by atoms with Crippen molar-refractivity contribution in [1.29, 1.82) is 5.26 Å². The Hall–Kier alpha value is -1.71. The lowest BCUT2D eigenvalue weighted by Crippen LogP contribution is -2.32. The summed E-state index contributed by atoms with van der Waals surface area (Å²) >= 11 is 5.05. The summed E-state index contributed by atoms with van der Waals surface area (Å²) in [4.78, 5) is 15.3. The van der Waals surface area contributed by atoms with Crippen LogP contribution in [0.4, 0.5) is 0 Å². The van der Waals surface area contributed by atoms with E-state index in [2.05, 4.69) is 34.1 Å². The first-order valence-corrected chi connectivity index (χ1v) is 9.35. The van der Waals surface area contributed by atoms with Crippen LogP contribution in [-0.2, 0) is 11.3 Å². The summed E-state index contributed by atoms with van der Waals surface area (Å²) in [7, 11) is 0. The summed E-state index contributed by atoms with van der Waals surface area (Å²) in [5.41, 5.74) is 2.28. The number of nitrogens with zero attached hydrogens (tertiary/aromatic N) is 2. The van der Waals surface area contributed by atoms with Crippen LogP contribution in [0.2, 0.25) is 0 Å². The molecule has 6 heteroatoms. The van der Waals surface area contributed by atoms with Gasteiger partial charge in [0.25, 0.3) is 0 Å². The molecule has 1 aromatic heterocycles. The van der Waals surface area contributed by atoms with Gasteiger partial charge in [-0.05, 0) is 49.2 Å². The summed E-state index contributed by atoms with van der Waals surface area (Å²) in [6, 6.07) is 9.88. The third-order valence-electron chi connectivity index (χ3n) is 3.58. The van der Waals surface area contributed by atoms with Crippen LogP contribution in [0, 0.1) is 25.2 Å². The number of rotatable bonds is 7. The van der Waals surface area contributed by atoms with E-state index in [0.717, 1.165) is 26.3 Å². The lowest BCUT2D eigenvalue weighted by Gasteiger charge is -2.20. The normalized spacial score (nSPS) is 10.4. The van der Waals surface area contributed by atoms with Crippen molar-refractivity contribution in [3.8, 4) is 6.07 Å². The second-order valence-corrected chi connectivity index (χ2v) is 7.33. The number of benzene rings is 1. The smallest absolute Gasteiger partial charge is 0.233 e. The van der Waals surface area contributed by atoms with Gasteiger partial charge in [0.1, 0.15) is 5.76 Å². The fourth-order valence-electron chi connectivity index (χ4n) is 2.21. The molecule has 1 aromatic carbocycles. The van der Waals surface area contributed by atoms with E-state index in [1.54, 1.807) is 17.2 Å². The summed E-state index contributed by atoms with van der Waals surface area (Å²) < 4.78 is 6.39. The van der Waals surface area contributed by atoms with E-state index in [9.17, 15) is 4.79 Å². The van der Waals surface area contributed by atoms with Crippen molar-refractivity contribution in [2.75, 3.05) is 12.3 Å². The van der Waals surface area contributed by atoms with Crippen LogP contribution < -0.4 is 0 Å². The van der Waals surface area contributed by atoms with E-state index in [1.807, 2.05) is 19.9 Å². The summed E-state index contributed by atoms with van der Waals surface area (Å²) in [6.07, 6.45) is 1.90. The van der Waals surface area contributed by atoms with Gasteiger partial charge in [0.15, 0.2) is 0 Å². The topological polar surface area (TPSA) is 57.2 Å². The molecule has 0 spiro atoms. The van der Waals surface area contributed by atoms with Crippen molar-refractivity contribution in [2.45, 2.75) is 31.7 Å². The first-order valence-electron chi connectivity index (χ1n) is 7.58. The number of carbonyl (C=O) groups excluding carboxylic acids is 1. The highest BCUT2D eigenvalue weighted by Gasteiger charge is 2.16. The number of nitriles is 1. The van der Waals surface area contributed by atoms with Gasteiger partial charge >= 0.3 is 0 Å². The maximum absolute atomic E-state index is 12.6. The maximum atomic E-state index is 12.6. The molecule has 2 aromatic rings. The van der Waals surface area contributed by atoms with Crippen molar-refractivity contribution in [2.24, 2.45) is 0 Å². The van der Waals surface area contributed by atoms with E-state index < -0.39 is 0 Å². The van der Waals surface area contributed by atoms with E-state index in [4.69, 9.17) is 9.68 Å². The average Bonchev–Trinajstić information content (AvgIpc) is 3.06. The molecule has 24 heavy (non-hydrogen) atoms. The third kappa shape index (κ3) is 5.15. The van der Waals surface area contributed by atoms with Crippen molar-refractivity contribution in [3.63, 3.8) is 0 Å². The van der Waals surface area contributed by atoms with Crippen LogP contribution in [0.25, 0.3) is 0 Å². The molecule has 0 bridgehead atoms. The number of hydrogen-bond acceptors (Lipinski definition) is 4. The molecule has 1 heterocycles. The molecule has 2 rings (SSSR count). The molecule has 0 aliphatic rings. The fraction of sp³-hybridized carbons (Fsp3) is 0.333. The molecule has 0 aliphatic heterocycles. The Bertz CT molecular complexity index is 738. The van der Waals surface area contributed by atoms with Gasteiger partial charge in [-0.15, -0.1) is 11.8 Å². The molecule has 0 saturated carbocycles. The van der Waals surface area contributed by atoms with Gasteiger partial charge in [-0.25, -0.2) is 0 Å². The Morgan fingerprint density at radius 3 is 2.83 bits per heavy atom. The fourth-order valence-corrected chi connectivity index (χ4v) is 3.67. The molecule has 0 atom stereocenters. The number of halogens is 1. The number of thioether (sulfide) groups is 1. The SMILES string of the molecule is Cc1cc(SCC(=O)N(CCC#N)Cc2ccco2)c(C)cc1Br. The van der Waals surface area contributed by atoms with Crippen molar-refractivity contribution < 1.29 is 9.21 Å². The van der Waals surface area contributed by atoms with E-state index >= 15 is 0 Å². The van der Waals surface area contributed by atoms with E-state index in [0.29, 0.717) is 25.3 Å². The maximum Gasteiger partial charge on any atom is 0.233 e. The Labute approximate surface area is 155 Å². The van der Waals surface area contributed by atoms with Crippen LogP contribution in [0.5, 0.6) is 0 Å². The Morgan fingerprint density at radius 2 is 2.17 bits per heavy atom. The first kappa shape index (κ1) is 18.6. The van der Waals surface area contributed by atoms with E-state index in [1.165, 1.54) is 11.8 Å². The zero-order chi connectivity index (χ0) is 17.5. The number of hydrogen-bond donors (Lipinski definition) is 0.